The monoisotopic (exact) mass is 356 g/mol. The molecule has 3 rings (SSSR count). The van der Waals surface area contributed by atoms with Crippen LogP contribution in [0.15, 0.2) is 24.3 Å². The van der Waals surface area contributed by atoms with E-state index in [0.29, 0.717) is 11.7 Å². The summed E-state index contributed by atoms with van der Waals surface area (Å²) in [5, 5.41) is 0. The highest BCUT2D eigenvalue weighted by molar-refractivity contribution is 5.86. The summed E-state index contributed by atoms with van der Waals surface area (Å²) >= 11 is 0. The first-order valence-electron chi connectivity index (χ1n) is 10.5. The molecule has 0 radical (unpaired) electrons. The maximum absolute atomic E-state index is 12.9. The number of carbonyl (C=O) groups is 1. The van der Waals surface area contributed by atoms with Gasteiger partial charge >= 0.3 is 0 Å². The van der Waals surface area contributed by atoms with Crippen LogP contribution in [-0.2, 0) is 4.79 Å². The van der Waals surface area contributed by atoms with E-state index in [-0.39, 0.29) is 5.41 Å². The van der Waals surface area contributed by atoms with Crippen LogP contribution in [0.4, 0.5) is 5.69 Å². The van der Waals surface area contributed by atoms with Crippen LogP contribution in [-0.4, -0.2) is 43.4 Å². The van der Waals surface area contributed by atoms with Gasteiger partial charge in [-0.2, -0.15) is 0 Å². The summed E-state index contributed by atoms with van der Waals surface area (Å²) in [5.74, 6) is 0.854. The quantitative estimate of drug-likeness (QED) is 0.739. The number of Topliss-reactive ketones (excluding diaryl/α,β-unsaturated/α-hetero) is 1. The van der Waals surface area contributed by atoms with Crippen LogP contribution in [0, 0.1) is 18.3 Å². The molecule has 2 fully saturated rings. The molecule has 1 saturated carbocycles. The van der Waals surface area contributed by atoms with Crippen molar-refractivity contribution in [2.24, 2.45) is 11.3 Å². The van der Waals surface area contributed by atoms with E-state index < -0.39 is 0 Å². The SMILES string of the molecule is Cc1ccccc1N1CCN(CCC(C)(C)C(=O)C2CCCCC2)CC1. The van der Waals surface area contributed by atoms with E-state index in [4.69, 9.17) is 0 Å². The third kappa shape index (κ3) is 4.68. The third-order valence-corrected chi connectivity index (χ3v) is 6.52. The first kappa shape index (κ1) is 19.4. The normalized spacial score (nSPS) is 20.3. The number of benzene rings is 1. The molecule has 0 unspecified atom stereocenters. The molecule has 0 N–H and O–H groups in total. The number of rotatable bonds is 6. The topological polar surface area (TPSA) is 23.6 Å². The molecule has 26 heavy (non-hydrogen) atoms. The number of piperazine rings is 1. The molecule has 1 aromatic rings. The van der Waals surface area contributed by atoms with Crippen molar-refractivity contribution in [2.45, 2.75) is 59.3 Å². The zero-order valence-corrected chi connectivity index (χ0v) is 17.0. The Labute approximate surface area is 159 Å². The highest BCUT2D eigenvalue weighted by atomic mass is 16.1. The Kier molecular flexibility index (Phi) is 6.39. The standard InChI is InChI=1S/C23H36N2O/c1-19-9-7-8-12-21(19)25-17-15-24(16-18-25)14-13-23(2,3)22(26)20-10-5-4-6-11-20/h7-9,12,20H,4-6,10-11,13-18H2,1-3H3. The molecule has 1 heterocycles. The van der Waals surface area contributed by atoms with Crippen molar-refractivity contribution in [1.82, 2.24) is 4.90 Å². The molecule has 0 amide bonds. The lowest BCUT2D eigenvalue weighted by molar-refractivity contribution is -0.132. The fraction of sp³-hybridized carbons (Fsp3) is 0.696. The average Bonchev–Trinajstić information content (AvgIpc) is 2.67. The Bertz CT molecular complexity index is 596. The van der Waals surface area contributed by atoms with Crippen LogP contribution in [0.3, 0.4) is 0 Å². The Morgan fingerprint density at radius 1 is 1.04 bits per heavy atom. The second kappa shape index (κ2) is 8.56. The number of carbonyl (C=O) groups excluding carboxylic acids is 1. The van der Waals surface area contributed by atoms with E-state index >= 15 is 0 Å². The molecular formula is C23H36N2O. The van der Waals surface area contributed by atoms with Crippen molar-refractivity contribution in [3.05, 3.63) is 29.8 Å². The first-order chi connectivity index (χ1) is 12.5. The summed E-state index contributed by atoms with van der Waals surface area (Å²) in [6.07, 6.45) is 7.04. The van der Waals surface area contributed by atoms with Gasteiger partial charge in [0.05, 0.1) is 0 Å². The van der Waals surface area contributed by atoms with Crippen molar-refractivity contribution in [3.8, 4) is 0 Å². The van der Waals surface area contributed by atoms with Crippen molar-refractivity contribution in [3.63, 3.8) is 0 Å². The van der Waals surface area contributed by atoms with Gasteiger partial charge in [0.1, 0.15) is 5.78 Å². The van der Waals surface area contributed by atoms with E-state index in [9.17, 15) is 4.79 Å². The number of hydrogen-bond acceptors (Lipinski definition) is 3. The van der Waals surface area contributed by atoms with Gasteiger partial charge in [0.25, 0.3) is 0 Å². The molecule has 1 aromatic carbocycles. The summed E-state index contributed by atoms with van der Waals surface area (Å²) in [7, 11) is 0. The molecule has 3 heteroatoms. The van der Waals surface area contributed by atoms with Gasteiger partial charge in [-0.25, -0.2) is 0 Å². The van der Waals surface area contributed by atoms with Gasteiger partial charge in [-0.05, 0) is 44.4 Å². The Morgan fingerprint density at radius 3 is 2.35 bits per heavy atom. The van der Waals surface area contributed by atoms with Gasteiger partial charge in [0.2, 0.25) is 0 Å². The molecule has 3 nitrogen and oxygen atoms in total. The zero-order chi connectivity index (χ0) is 18.6. The summed E-state index contributed by atoms with van der Waals surface area (Å²) in [6, 6.07) is 8.67. The minimum Gasteiger partial charge on any atom is -0.369 e. The first-order valence-corrected chi connectivity index (χ1v) is 10.5. The second-order valence-electron chi connectivity index (χ2n) is 8.95. The average molecular weight is 357 g/mol. The molecule has 0 atom stereocenters. The second-order valence-corrected chi connectivity index (χ2v) is 8.95. The summed E-state index contributed by atoms with van der Waals surface area (Å²) in [5.41, 5.74) is 2.56. The molecule has 0 spiro atoms. The minimum absolute atomic E-state index is 0.171. The summed E-state index contributed by atoms with van der Waals surface area (Å²) in [6.45, 7) is 12.0. The van der Waals surface area contributed by atoms with E-state index in [1.165, 1.54) is 30.5 Å². The van der Waals surface area contributed by atoms with Gasteiger partial charge in [-0.15, -0.1) is 0 Å². The van der Waals surface area contributed by atoms with Crippen LogP contribution in [0.25, 0.3) is 0 Å². The fourth-order valence-corrected chi connectivity index (χ4v) is 4.61. The van der Waals surface area contributed by atoms with E-state index in [0.717, 1.165) is 52.0 Å². The van der Waals surface area contributed by atoms with Gasteiger partial charge in [-0.1, -0.05) is 51.3 Å². The van der Waals surface area contributed by atoms with Crippen LogP contribution in [0.2, 0.25) is 0 Å². The fourth-order valence-electron chi connectivity index (χ4n) is 4.61. The van der Waals surface area contributed by atoms with Crippen molar-refractivity contribution < 1.29 is 4.79 Å². The smallest absolute Gasteiger partial charge is 0.141 e. The molecular weight excluding hydrogens is 320 g/mol. The van der Waals surface area contributed by atoms with E-state index in [1.54, 1.807) is 0 Å². The molecule has 144 valence electrons. The van der Waals surface area contributed by atoms with Crippen LogP contribution in [0.1, 0.15) is 57.9 Å². The highest BCUT2D eigenvalue weighted by Gasteiger charge is 2.34. The number of ketones is 1. The zero-order valence-electron chi connectivity index (χ0n) is 17.0. The maximum atomic E-state index is 12.9. The maximum Gasteiger partial charge on any atom is 0.141 e. The van der Waals surface area contributed by atoms with Gasteiger partial charge in [0.15, 0.2) is 0 Å². The number of aryl methyl sites for hydroxylation is 1. The van der Waals surface area contributed by atoms with Gasteiger partial charge < -0.3 is 4.90 Å². The summed E-state index contributed by atoms with van der Waals surface area (Å²) < 4.78 is 0. The van der Waals surface area contributed by atoms with Gasteiger partial charge in [-0.3, -0.25) is 9.69 Å². The molecule has 1 saturated heterocycles. The van der Waals surface area contributed by atoms with Crippen LogP contribution in [0.5, 0.6) is 0 Å². The predicted octanol–water partition coefficient (Wildman–Crippen LogP) is 4.68. The van der Waals surface area contributed by atoms with Crippen molar-refractivity contribution in [2.75, 3.05) is 37.6 Å². The molecule has 2 aliphatic rings. The minimum atomic E-state index is -0.171. The molecule has 0 bridgehead atoms. The Hall–Kier alpha value is -1.35. The molecule has 1 aliphatic heterocycles. The van der Waals surface area contributed by atoms with E-state index in [1.807, 2.05) is 0 Å². The van der Waals surface area contributed by atoms with E-state index in [2.05, 4.69) is 54.8 Å². The Balaban J connectivity index is 1.47. The van der Waals surface area contributed by atoms with Crippen LogP contribution >= 0.6 is 0 Å². The predicted molar refractivity (Wildman–Crippen MR) is 110 cm³/mol. The molecule has 0 aromatic heterocycles. The third-order valence-electron chi connectivity index (χ3n) is 6.52. The lowest BCUT2D eigenvalue weighted by atomic mass is 9.73. The number of nitrogens with zero attached hydrogens (tertiary/aromatic N) is 2. The lowest BCUT2D eigenvalue weighted by Gasteiger charge is -2.38. The number of para-hydroxylation sites is 1. The number of hydrogen-bond donors (Lipinski definition) is 0. The van der Waals surface area contributed by atoms with Crippen LogP contribution < -0.4 is 4.90 Å². The van der Waals surface area contributed by atoms with Gasteiger partial charge in [0, 0.05) is 43.2 Å². The summed E-state index contributed by atoms with van der Waals surface area (Å²) in [4.78, 5) is 18.0. The van der Waals surface area contributed by atoms with Crippen molar-refractivity contribution in [1.29, 1.82) is 0 Å². The lowest BCUT2D eigenvalue weighted by Crippen LogP contribution is -2.48. The van der Waals surface area contributed by atoms with Crippen molar-refractivity contribution >= 4 is 11.5 Å². The Morgan fingerprint density at radius 2 is 1.69 bits per heavy atom. The largest absolute Gasteiger partial charge is 0.369 e. The number of anilines is 1. The molecule has 1 aliphatic carbocycles. The highest BCUT2D eigenvalue weighted by Crippen LogP contribution is 2.33.